The number of fused-ring (bicyclic) bond motifs is 1. The zero-order chi connectivity index (χ0) is 17.1. The molecule has 0 saturated carbocycles. The number of rotatable bonds is 4. The van der Waals surface area contributed by atoms with Crippen LogP contribution in [0, 0.1) is 5.92 Å². The van der Waals surface area contributed by atoms with Crippen molar-refractivity contribution >= 4 is 23.2 Å². The molecule has 0 bridgehead atoms. The summed E-state index contributed by atoms with van der Waals surface area (Å²) in [5.41, 5.74) is 6.63. The molecule has 5 nitrogen and oxygen atoms in total. The van der Waals surface area contributed by atoms with E-state index in [1.54, 1.807) is 12.1 Å². The third-order valence-electron chi connectivity index (χ3n) is 5.32. The number of nitrogen functional groups attached to an aromatic ring is 1. The minimum atomic E-state index is -0.151. The van der Waals surface area contributed by atoms with E-state index in [-0.39, 0.29) is 5.91 Å². The van der Waals surface area contributed by atoms with Crippen molar-refractivity contribution in [2.75, 3.05) is 32.5 Å². The molecule has 24 heavy (non-hydrogen) atoms. The normalized spacial score (nSPS) is 24.2. The Balaban J connectivity index is 1.66. The number of piperidine rings is 2. The molecular formula is C18H26ClN3O2. The first-order valence-electron chi connectivity index (χ1n) is 8.75. The number of anilines is 1. The van der Waals surface area contributed by atoms with Gasteiger partial charge >= 0.3 is 0 Å². The van der Waals surface area contributed by atoms with Gasteiger partial charge in [0, 0.05) is 18.7 Å². The van der Waals surface area contributed by atoms with Gasteiger partial charge in [0.15, 0.2) is 0 Å². The molecule has 1 amide bonds. The minimum absolute atomic E-state index is 0.151. The number of hydrogen-bond donors (Lipinski definition) is 2. The average molecular weight is 352 g/mol. The first kappa shape index (κ1) is 17.4. The SMILES string of the molecule is COc1cc(N)c(Cl)cc1C(=O)NC[C@@H]1CCCN2CCCC[C@H]12. The highest BCUT2D eigenvalue weighted by Gasteiger charge is 2.33. The maximum atomic E-state index is 12.6. The first-order chi connectivity index (χ1) is 11.6. The first-order valence-corrected chi connectivity index (χ1v) is 9.13. The summed E-state index contributed by atoms with van der Waals surface area (Å²) in [7, 11) is 1.53. The third-order valence-corrected chi connectivity index (χ3v) is 5.64. The lowest BCUT2D eigenvalue weighted by molar-refractivity contribution is 0.0575. The summed E-state index contributed by atoms with van der Waals surface area (Å²) in [5, 5.41) is 3.45. The number of halogens is 1. The lowest BCUT2D eigenvalue weighted by Crippen LogP contribution is -2.51. The van der Waals surface area contributed by atoms with Gasteiger partial charge in [0.05, 0.1) is 23.4 Å². The summed E-state index contributed by atoms with van der Waals surface area (Å²) >= 11 is 6.06. The number of benzene rings is 1. The number of amides is 1. The van der Waals surface area contributed by atoms with E-state index in [2.05, 4.69) is 10.2 Å². The van der Waals surface area contributed by atoms with Crippen LogP contribution in [0.3, 0.4) is 0 Å². The van der Waals surface area contributed by atoms with Crippen LogP contribution in [0.5, 0.6) is 5.75 Å². The molecular weight excluding hydrogens is 326 g/mol. The maximum absolute atomic E-state index is 12.6. The molecule has 2 aliphatic rings. The predicted octanol–water partition coefficient (Wildman–Crippen LogP) is 2.93. The zero-order valence-electron chi connectivity index (χ0n) is 14.2. The van der Waals surface area contributed by atoms with Gasteiger partial charge in [0.25, 0.3) is 5.91 Å². The van der Waals surface area contributed by atoms with Crippen LogP contribution >= 0.6 is 11.6 Å². The van der Waals surface area contributed by atoms with E-state index in [4.69, 9.17) is 22.1 Å². The Morgan fingerprint density at radius 3 is 2.92 bits per heavy atom. The molecule has 3 rings (SSSR count). The fraction of sp³-hybridized carbons (Fsp3) is 0.611. The van der Waals surface area contributed by atoms with Gasteiger partial charge in [-0.25, -0.2) is 0 Å². The molecule has 0 aromatic heterocycles. The lowest BCUT2D eigenvalue weighted by Gasteiger charge is -2.44. The molecule has 0 aliphatic carbocycles. The van der Waals surface area contributed by atoms with Crippen molar-refractivity contribution in [2.24, 2.45) is 5.92 Å². The van der Waals surface area contributed by atoms with Crippen LogP contribution in [0.2, 0.25) is 5.02 Å². The van der Waals surface area contributed by atoms with Gasteiger partial charge in [-0.15, -0.1) is 0 Å². The van der Waals surface area contributed by atoms with Crippen LogP contribution in [0.4, 0.5) is 5.69 Å². The summed E-state index contributed by atoms with van der Waals surface area (Å²) < 4.78 is 5.27. The Morgan fingerprint density at radius 1 is 1.33 bits per heavy atom. The van der Waals surface area contributed by atoms with Crippen molar-refractivity contribution in [1.29, 1.82) is 0 Å². The van der Waals surface area contributed by atoms with Crippen molar-refractivity contribution < 1.29 is 9.53 Å². The minimum Gasteiger partial charge on any atom is -0.496 e. The van der Waals surface area contributed by atoms with Gasteiger partial charge in [-0.2, -0.15) is 0 Å². The molecule has 2 saturated heterocycles. The van der Waals surface area contributed by atoms with Crippen molar-refractivity contribution in [3.63, 3.8) is 0 Å². The summed E-state index contributed by atoms with van der Waals surface area (Å²) in [6.45, 7) is 3.11. The Kier molecular flexibility index (Phi) is 5.51. The van der Waals surface area contributed by atoms with Crippen LogP contribution in [-0.2, 0) is 0 Å². The quantitative estimate of drug-likeness (QED) is 0.818. The Bertz CT molecular complexity index is 606. The molecule has 2 atom stereocenters. The van der Waals surface area contributed by atoms with E-state index < -0.39 is 0 Å². The second-order valence-electron chi connectivity index (χ2n) is 6.79. The number of nitrogens with zero attached hydrogens (tertiary/aromatic N) is 1. The molecule has 0 spiro atoms. The van der Waals surface area contributed by atoms with E-state index in [0.29, 0.717) is 40.5 Å². The fourth-order valence-corrected chi connectivity index (χ4v) is 4.21. The second kappa shape index (κ2) is 7.62. The highest BCUT2D eigenvalue weighted by molar-refractivity contribution is 6.33. The van der Waals surface area contributed by atoms with Crippen molar-refractivity contribution in [1.82, 2.24) is 10.2 Å². The molecule has 3 N–H and O–H groups in total. The van der Waals surface area contributed by atoms with Crippen LogP contribution in [0.1, 0.15) is 42.5 Å². The van der Waals surface area contributed by atoms with E-state index in [0.717, 1.165) is 0 Å². The van der Waals surface area contributed by atoms with E-state index in [1.165, 1.54) is 52.3 Å². The fourth-order valence-electron chi connectivity index (χ4n) is 4.05. The number of carbonyl (C=O) groups excluding carboxylic acids is 1. The molecule has 6 heteroatoms. The van der Waals surface area contributed by atoms with Crippen LogP contribution in [0.15, 0.2) is 12.1 Å². The van der Waals surface area contributed by atoms with Gasteiger partial charge in [0.2, 0.25) is 0 Å². The Hall–Kier alpha value is -1.46. The highest BCUT2D eigenvalue weighted by atomic mass is 35.5. The third kappa shape index (κ3) is 3.62. The number of carbonyl (C=O) groups is 1. The maximum Gasteiger partial charge on any atom is 0.255 e. The summed E-state index contributed by atoms with van der Waals surface area (Å²) in [4.78, 5) is 15.2. The number of hydrogen-bond acceptors (Lipinski definition) is 4. The number of methoxy groups -OCH3 is 1. The molecule has 132 valence electrons. The highest BCUT2D eigenvalue weighted by Crippen LogP contribution is 2.31. The van der Waals surface area contributed by atoms with Gasteiger partial charge in [0.1, 0.15) is 5.75 Å². The van der Waals surface area contributed by atoms with E-state index in [9.17, 15) is 4.79 Å². The summed E-state index contributed by atoms with van der Waals surface area (Å²) in [5.74, 6) is 0.831. The molecule has 2 aliphatic heterocycles. The topological polar surface area (TPSA) is 67.6 Å². The van der Waals surface area contributed by atoms with E-state index >= 15 is 0 Å². The molecule has 0 radical (unpaired) electrons. The molecule has 2 heterocycles. The van der Waals surface area contributed by atoms with Crippen LogP contribution in [-0.4, -0.2) is 43.6 Å². The van der Waals surface area contributed by atoms with Crippen LogP contribution < -0.4 is 15.8 Å². The number of nitrogens with one attached hydrogen (secondary N) is 1. The molecule has 1 aromatic rings. The predicted molar refractivity (Wildman–Crippen MR) is 96.7 cm³/mol. The Labute approximate surface area is 148 Å². The number of ether oxygens (including phenoxy) is 1. The lowest BCUT2D eigenvalue weighted by atomic mass is 9.83. The van der Waals surface area contributed by atoms with Gasteiger partial charge < -0.3 is 20.7 Å². The van der Waals surface area contributed by atoms with Gasteiger partial charge in [-0.1, -0.05) is 18.0 Å². The summed E-state index contributed by atoms with van der Waals surface area (Å²) in [6.07, 6.45) is 6.25. The van der Waals surface area contributed by atoms with Crippen molar-refractivity contribution in [2.45, 2.75) is 38.1 Å². The molecule has 0 unspecified atom stereocenters. The monoisotopic (exact) mass is 351 g/mol. The largest absolute Gasteiger partial charge is 0.496 e. The van der Waals surface area contributed by atoms with Crippen molar-refractivity contribution in [3.8, 4) is 5.75 Å². The average Bonchev–Trinajstić information content (AvgIpc) is 2.61. The Morgan fingerprint density at radius 2 is 2.12 bits per heavy atom. The zero-order valence-corrected chi connectivity index (χ0v) is 14.9. The number of nitrogens with two attached hydrogens (primary N) is 1. The smallest absolute Gasteiger partial charge is 0.255 e. The van der Waals surface area contributed by atoms with Gasteiger partial charge in [-0.3, -0.25) is 4.79 Å². The van der Waals surface area contributed by atoms with E-state index in [1.807, 2.05) is 0 Å². The molecule has 2 fully saturated rings. The second-order valence-corrected chi connectivity index (χ2v) is 7.19. The summed E-state index contributed by atoms with van der Waals surface area (Å²) in [6, 6.07) is 3.80. The molecule has 1 aromatic carbocycles. The van der Waals surface area contributed by atoms with Gasteiger partial charge in [-0.05, 0) is 50.8 Å². The van der Waals surface area contributed by atoms with Crippen molar-refractivity contribution in [3.05, 3.63) is 22.7 Å². The standard InChI is InChI=1S/C18H26ClN3O2/c1-24-17-10-15(20)14(19)9-13(17)18(23)21-11-12-5-4-8-22-7-3-2-6-16(12)22/h9-10,12,16H,2-8,11,20H2,1H3,(H,21,23)/t12-,16+/m0/s1. The van der Waals surface area contributed by atoms with Crippen LogP contribution in [0.25, 0.3) is 0 Å².